The van der Waals surface area contributed by atoms with Gasteiger partial charge >= 0.3 is 0 Å². The third kappa shape index (κ3) is 5.82. The van der Waals surface area contributed by atoms with Crippen LogP contribution < -0.4 is 5.32 Å². The summed E-state index contributed by atoms with van der Waals surface area (Å²) in [5, 5.41) is 3.71. The van der Waals surface area contributed by atoms with Gasteiger partial charge in [-0.15, -0.1) is 0 Å². The van der Waals surface area contributed by atoms with Crippen LogP contribution in [0.5, 0.6) is 0 Å². The zero-order chi connectivity index (χ0) is 11.1. The fraction of sp³-hybridized carbons (Fsp3) is 1.00. The van der Waals surface area contributed by atoms with E-state index in [9.17, 15) is 0 Å². The monoisotopic (exact) mass is 229 g/mol. The summed E-state index contributed by atoms with van der Waals surface area (Å²) in [7, 11) is 0. The lowest BCUT2D eigenvalue weighted by molar-refractivity contribution is 0.364. The molecule has 1 saturated carbocycles. The van der Waals surface area contributed by atoms with Crippen molar-refractivity contribution in [3.63, 3.8) is 0 Å². The highest BCUT2D eigenvalue weighted by Gasteiger charge is 2.30. The van der Waals surface area contributed by atoms with Crippen molar-refractivity contribution in [2.75, 3.05) is 18.6 Å². The minimum atomic E-state index is 0.594. The standard InChI is InChI=1S/C13H27NS/c1-13(2)8-7-12(11-13)14-9-5-4-6-10-15-3/h12,14H,4-11H2,1-3H3. The molecule has 0 aromatic carbocycles. The van der Waals surface area contributed by atoms with Gasteiger partial charge in [-0.3, -0.25) is 0 Å². The zero-order valence-corrected chi connectivity index (χ0v) is 11.5. The Morgan fingerprint density at radius 1 is 1.27 bits per heavy atom. The molecule has 0 aromatic rings. The van der Waals surface area contributed by atoms with Gasteiger partial charge in [0.1, 0.15) is 0 Å². The maximum Gasteiger partial charge on any atom is 0.00723 e. The molecule has 0 radical (unpaired) electrons. The maximum atomic E-state index is 3.71. The van der Waals surface area contributed by atoms with Crippen LogP contribution in [0.15, 0.2) is 0 Å². The Morgan fingerprint density at radius 2 is 2.07 bits per heavy atom. The van der Waals surface area contributed by atoms with Gasteiger partial charge in [0, 0.05) is 6.04 Å². The number of rotatable bonds is 7. The lowest BCUT2D eigenvalue weighted by Crippen LogP contribution is -2.28. The Labute approximate surface area is 99.8 Å². The molecular weight excluding hydrogens is 202 g/mol. The van der Waals surface area contributed by atoms with Gasteiger partial charge in [-0.1, -0.05) is 20.3 Å². The summed E-state index contributed by atoms with van der Waals surface area (Å²) in [4.78, 5) is 0. The van der Waals surface area contributed by atoms with Crippen LogP contribution >= 0.6 is 11.8 Å². The molecule has 90 valence electrons. The summed E-state index contributed by atoms with van der Waals surface area (Å²) < 4.78 is 0. The van der Waals surface area contributed by atoms with E-state index < -0.39 is 0 Å². The van der Waals surface area contributed by atoms with Crippen LogP contribution in [-0.4, -0.2) is 24.6 Å². The quantitative estimate of drug-likeness (QED) is 0.668. The van der Waals surface area contributed by atoms with Crippen molar-refractivity contribution in [1.29, 1.82) is 0 Å². The van der Waals surface area contributed by atoms with E-state index in [1.807, 2.05) is 11.8 Å². The molecule has 1 fully saturated rings. The summed E-state index contributed by atoms with van der Waals surface area (Å²) in [6.45, 7) is 6.02. The van der Waals surface area contributed by atoms with E-state index in [-0.39, 0.29) is 0 Å². The second-order valence-electron chi connectivity index (χ2n) is 5.61. The van der Waals surface area contributed by atoms with Crippen molar-refractivity contribution in [3.8, 4) is 0 Å². The summed E-state index contributed by atoms with van der Waals surface area (Å²) in [6.07, 6.45) is 10.5. The second kappa shape index (κ2) is 6.80. The highest BCUT2D eigenvalue weighted by atomic mass is 32.2. The molecule has 0 bridgehead atoms. The van der Waals surface area contributed by atoms with Crippen LogP contribution in [0, 0.1) is 5.41 Å². The zero-order valence-electron chi connectivity index (χ0n) is 10.6. The molecule has 0 saturated heterocycles. The predicted molar refractivity (Wildman–Crippen MR) is 71.7 cm³/mol. The maximum absolute atomic E-state index is 3.71. The smallest absolute Gasteiger partial charge is 0.00723 e. The molecule has 0 spiro atoms. The van der Waals surface area contributed by atoms with E-state index in [0.29, 0.717) is 5.41 Å². The van der Waals surface area contributed by atoms with E-state index in [2.05, 4.69) is 25.4 Å². The van der Waals surface area contributed by atoms with Crippen LogP contribution in [0.2, 0.25) is 0 Å². The Balaban J connectivity index is 1.93. The summed E-state index contributed by atoms with van der Waals surface area (Å²) in [5.41, 5.74) is 0.594. The fourth-order valence-corrected chi connectivity index (χ4v) is 2.96. The van der Waals surface area contributed by atoms with Crippen LogP contribution in [0.4, 0.5) is 0 Å². The van der Waals surface area contributed by atoms with Gasteiger partial charge in [0.15, 0.2) is 0 Å². The highest BCUT2D eigenvalue weighted by molar-refractivity contribution is 7.98. The number of hydrogen-bond acceptors (Lipinski definition) is 2. The molecule has 1 rings (SSSR count). The van der Waals surface area contributed by atoms with E-state index in [0.717, 1.165) is 6.04 Å². The summed E-state index contributed by atoms with van der Waals surface area (Å²) in [6, 6.07) is 0.806. The van der Waals surface area contributed by atoms with Crippen molar-refractivity contribution in [3.05, 3.63) is 0 Å². The van der Waals surface area contributed by atoms with Crippen LogP contribution in [0.3, 0.4) is 0 Å². The predicted octanol–water partition coefficient (Wildman–Crippen LogP) is 3.69. The molecule has 15 heavy (non-hydrogen) atoms. The van der Waals surface area contributed by atoms with Crippen LogP contribution in [-0.2, 0) is 0 Å². The summed E-state index contributed by atoms with van der Waals surface area (Å²) in [5.74, 6) is 1.33. The van der Waals surface area contributed by atoms with Crippen LogP contribution in [0.25, 0.3) is 0 Å². The lowest BCUT2D eigenvalue weighted by atomic mass is 9.92. The molecule has 0 aliphatic heterocycles. The molecule has 1 nitrogen and oxygen atoms in total. The first-order valence-electron chi connectivity index (χ1n) is 6.36. The van der Waals surface area contributed by atoms with Crippen molar-refractivity contribution in [1.82, 2.24) is 5.32 Å². The number of thioether (sulfide) groups is 1. The number of nitrogens with one attached hydrogen (secondary N) is 1. The molecule has 0 amide bonds. The largest absolute Gasteiger partial charge is 0.314 e. The molecule has 1 atom stereocenters. The van der Waals surface area contributed by atoms with Gasteiger partial charge in [0.25, 0.3) is 0 Å². The molecule has 0 aromatic heterocycles. The Morgan fingerprint density at radius 3 is 2.67 bits per heavy atom. The third-order valence-corrected chi connectivity index (χ3v) is 4.12. The average Bonchev–Trinajstić information content (AvgIpc) is 2.52. The SMILES string of the molecule is CSCCCCCNC1CCC(C)(C)C1. The van der Waals surface area contributed by atoms with Crippen molar-refractivity contribution < 1.29 is 0 Å². The molecule has 1 N–H and O–H groups in total. The van der Waals surface area contributed by atoms with E-state index in [1.165, 1.54) is 50.8 Å². The first-order chi connectivity index (χ1) is 7.14. The number of hydrogen-bond donors (Lipinski definition) is 1. The second-order valence-corrected chi connectivity index (χ2v) is 6.60. The Kier molecular flexibility index (Phi) is 6.06. The summed E-state index contributed by atoms with van der Waals surface area (Å²) >= 11 is 1.96. The van der Waals surface area contributed by atoms with E-state index in [1.54, 1.807) is 0 Å². The fourth-order valence-electron chi connectivity index (χ4n) is 2.46. The van der Waals surface area contributed by atoms with Crippen LogP contribution in [0.1, 0.15) is 52.4 Å². The van der Waals surface area contributed by atoms with Gasteiger partial charge in [-0.2, -0.15) is 11.8 Å². The van der Waals surface area contributed by atoms with Gasteiger partial charge in [-0.25, -0.2) is 0 Å². The third-order valence-electron chi connectivity index (χ3n) is 3.43. The van der Waals surface area contributed by atoms with Crippen molar-refractivity contribution in [2.24, 2.45) is 5.41 Å². The molecular formula is C13H27NS. The first kappa shape index (κ1) is 13.4. The van der Waals surface area contributed by atoms with Crippen molar-refractivity contribution in [2.45, 2.75) is 58.4 Å². The van der Waals surface area contributed by atoms with E-state index in [4.69, 9.17) is 0 Å². The minimum Gasteiger partial charge on any atom is -0.314 e. The highest BCUT2D eigenvalue weighted by Crippen LogP contribution is 2.36. The van der Waals surface area contributed by atoms with Gasteiger partial charge in [-0.05, 0) is 56.1 Å². The molecule has 1 aliphatic carbocycles. The Hall–Kier alpha value is 0.310. The van der Waals surface area contributed by atoms with Crippen molar-refractivity contribution >= 4 is 11.8 Å². The van der Waals surface area contributed by atoms with Gasteiger partial charge < -0.3 is 5.32 Å². The topological polar surface area (TPSA) is 12.0 Å². The molecule has 1 aliphatic rings. The van der Waals surface area contributed by atoms with E-state index >= 15 is 0 Å². The van der Waals surface area contributed by atoms with Gasteiger partial charge in [0.2, 0.25) is 0 Å². The molecule has 1 unspecified atom stereocenters. The molecule has 0 heterocycles. The van der Waals surface area contributed by atoms with Gasteiger partial charge in [0.05, 0.1) is 0 Å². The Bertz CT molecular complexity index is 168. The minimum absolute atomic E-state index is 0.594. The lowest BCUT2D eigenvalue weighted by Gasteiger charge is -2.17. The average molecular weight is 229 g/mol. The molecule has 2 heteroatoms. The normalized spacial score (nSPS) is 24.6. The number of unbranched alkanes of at least 4 members (excludes halogenated alkanes) is 2. The first-order valence-corrected chi connectivity index (χ1v) is 7.76.